The number of aliphatic hydroxyl groups excluding tert-OH is 1. The third-order valence-electron chi connectivity index (χ3n) is 8.27. The second-order valence-electron chi connectivity index (χ2n) is 12.1. The van der Waals surface area contributed by atoms with Crippen molar-refractivity contribution in [3.05, 3.63) is 133 Å². The zero-order chi connectivity index (χ0) is 36.9. The van der Waals surface area contributed by atoms with Gasteiger partial charge >= 0.3 is 17.9 Å². The second-order valence-corrected chi connectivity index (χ2v) is 12.1. The molecule has 5 aromatic carbocycles. The zero-order valence-corrected chi connectivity index (χ0v) is 29.2. The summed E-state index contributed by atoms with van der Waals surface area (Å²) in [6.07, 6.45) is 6.07. The maximum atomic E-state index is 13.2. The van der Waals surface area contributed by atoms with Gasteiger partial charge in [0.2, 0.25) is 6.29 Å². The molecular weight excluding hydrogens is 660 g/mol. The topological polar surface area (TPSA) is 118 Å². The lowest BCUT2D eigenvalue weighted by atomic mass is 10.1. The molecule has 0 spiro atoms. The van der Waals surface area contributed by atoms with Crippen LogP contribution < -0.4 is 18.9 Å². The Morgan fingerprint density at radius 3 is 2.04 bits per heavy atom. The number of hydrogen-bond donors (Lipinski definition) is 1. The quantitative estimate of drug-likeness (QED) is 0.0314. The lowest BCUT2D eigenvalue weighted by molar-refractivity contribution is -0.137. The van der Waals surface area contributed by atoms with E-state index in [9.17, 15) is 19.5 Å². The standard InChI is InChI=1S/C43H42O9/c1-4-11-33-28-38(20-21-39(33)52-43(47)35-15-13-32-27-37(50-41(45)6-3)19-17-30(32)25-35)51-42(46)34-14-12-31-26-36(18-16-29(31)24-34)48-22-9-7-8-10-23-49-40(44)5-2/h5-6,12-21,24-28,43,47H,2-4,7-11,22-23H2,1H3. The highest BCUT2D eigenvalue weighted by molar-refractivity contribution is 5.96. The molecule has 52 heavy (non-hydrogen) atoms. The van der Waals surface area contributed by atoms with Gasteiger partial charge in [-0.05, 0) is 120 Å². The van der Waals surface area contributed by atoms with Crippen LogP contribution in [0, 0.1) is 0 Å². The van der Waals surface area contributed by atoms with Crippen LogP contribution in [0.5, 0.6) is 23.0 Å². The number of carbonyl (C=O) groups is 3. The Balaban J connectivity index is 1.16. The molecule has 0 amide bonds. The van der Waals surface area contributed by atoms with E-state index in [1.165, 1.54) is 6.08 Å². The lowest BCUT2D eigenvalue weighted by Crippen LogP contribution is -2.10. The highest BCUT2D eigenvalue weighted by Gasteiger charge is 2.16. The number of rotatable bonds is 18. The smallest absolute Gasteiger partial charge is 0.343 e. The fourth-order valence-corrected chi connectivity index (χ4v) is 5.59. The molecule has 0 heterocycles. The molecule has 0 radical (unpaired) electrons. The van der Waals surface area contributed by atoms with E-state index < -0.39 is 24.2 Å². The van der Waals surface area contributed by atoms with E-state index in [1.54, 1.807) is 54.6 Å². The van der Waals surface area contributed by atoms with E-state index in [1.807, 2.05) is 43.3 Å². The van der Waals surface area contributed by atoms with Crippen molar-refractivity contribution >= 4 is 39.5 Å². The van der Waals surface area contributed by atoms with E-state index in [2.05, 4.69) is 13.2 Å². The third-order valence-corrected chi connectivity index (χ3v) is 8.27. The van der Waals surface area contributed by atoms with Crippen LogP contribution in [-0.4, -0.2) is 36.2 Å². The molecule has 0 saturated heterocycles. The maximum Gasteiger partial charge on any atom is 0.343 e. The lowest BCUT2D eigenvalue weighted by Gasteiger charge is -2.18. The van der Waals surface area contributed by atoms with Gasteiger partial charge in [0.05, 0.1) is 18.8 Å². The van der Waals surface area contributed by atoms with Crippen LogP contribution in [0.1, 0.15) is 66.8 Å². The van der Waals surface area contributed by atoms with Gasteiger partial charge in [-0.25, -0.2) is 14.4 Å². The van der Waals surface area contributed by atoms with Gasteiger partial charge in [-0.2, -0.15) is 0 Å². The Morgan fingerprint density at radius 2 is 1.29 bits per heavy atom. The minimum atomic E-state index is -1.25. The number of unbranched alkanes of at least 4 members (excludes halogenated alkanes) is 3. The molecule has 0 aliphatic heterocycles. The summed E-state index contributed by atoms with van der Waals surface area (Å²) in [5, 5.41) is 14.5. The molecule has 5 aromatic rings. The molecule has 268 valence electrons. The number of carbonyl (C=O) groups excluding carboxylic acids is 3. The summed E-state index contributed by atoms with van der Waals surface area (Å²) >= 11 is 0. The first-order valence-corrected chi connectivity index (χ1v) is 17.3. The van der Waals surface area contributed by atoms with Gasteiger partial charge in [0, 0.05) is 17.7 Å². The predicted octanol–water partition coefficient (Wildman–Crippen LogP) is 8.99. The van der Waals surface area contributed by atoms with Gasteiger partial charge in [0.25, 0.3) is 0 Å². The number of aliphatic hydroxyl groups is 1. The van der Waals surface area contributed by atoms with Crippen LogP contribution >= 0.6 is 0 Å². The summed E-state index contributed by atoms with van der Waals surface area (Å²) in [7, 11) is 0. The van der Waals surface area contributed by atoms with E-state index >= 15 is 0 Å². The summed E-state index contributed by atoms with van der Waals surface area (Å²) in [5.41, 5.74) is 1.75. The normalized spacial score (nSPS) is 11.4. The van der Waals surface area contributed by atoms with Crippen LogP contribution in [-0.2, 0) is 20.7 Å². The largest absolute Gasteiger partial charge is 0.494 e. The number of aryl methyl sites for hydroxylation is 1. The zero-order valence-electron chi connectivity index (χ0n) is 29.2. The molecule has 9 nitrogen and oxygen atoms in total. The number of benzene rings is 5. The van der Waals surface area contributed by atoms with Crippen LogP contribution in [0.2, 0.25) is 0 Å². The van der Waals surface area contributed by atoms with Crippen molar-refractivity contribution in [1.82, 2.24) is 0 Å². The van der Waals surface area contributed by atoms with Gasteiger partial charge in [-0.1, -0.05) is 56.8 Å². The number of hydrogen-bond acceptors (Lipinski definition) is 9. The van der Waals surface area contributed by atoms with Crippen molar-refractivity contribution in [3.63, 3.8) is 0 Å². The van der Waals surface area contributed by atoms with Crippen molar-refractivity contribution in [3.8, 4) is 23.0 Å². The average Bonchev–Trinajstić information content (AvgIpc) is 3.16. The molecule has 0 aliphatic rings. The highest BCUT2D eigenvalue weighted by Crippen LogP contribution is 2.31. The number of esters is 3. The molecule has 0 saturated carbocycles. The van der Waals surface area contributed by atoms with Crippen LogP contribution in [0.4, 0.5) is 0 Å². The Hall–Kier alpha value is -5.93. The van der Waals surface area contributed by atoms with Gasteiger partial charge in [0.1, 0.15) is 23.0 Å². The first-order valence-electron chi connectivity index (χ1n) is 17.3. The molecule has 1 unspecified atom stereocenters. The van der Waals surface area contributed by atoms with E-state index in [4.69, 9.17) is 23.7 Å². The summed E-state index contributed by atoms with van der Waals surface area (Å²) in [6.45, 7) is 9.80. The SMILES string of the molecule is C=CC(=O)OCCCCCCOc1ccc2cc(C(=O)Oc3ccc(OC(O)c4ccc5cc(OC(=O)C=C)ccc5c4)c(CCC)c3)ccc2c1. The summed E-state index contributed by atoms with van der Waals surface area (Å²) in [5.74, 6) is 0.577. The van der Waals surface area contributed by atoms with Crippen LogP contribution in [0.25, 0.3) is 21.5 Å². The van der Waals surface area contributed by atoms with Crippen molar-refractivity contribution < 1.29 is 43.2 Å². The minimum absolute atomic E-state index is 0.371. The Labute approximate surface area is 303 Å². The van der Waals surface area contributed by atoms with Gasteiger partial charge in [-0.15, -0.1) is 0 Å². The summed E-state index contributed by atoms with van der Waals surface area (Å²) in [4.78, 5) is 35.8. The van der Waals surface area contributed by atoms with Crippen LogP contribution in [0.3, 0.4) is 0 Å². The average molecular weight is 703 g/mol. The molecule has 9 heteroatoms. The van der Waals surface area contributed by atoms with Gasteiger partial charge in [-0.3, -0.25) is 0 Å². The summed E-state index contributed by atoms with van der Waals surface area (Å²) in [6, 6.07) is 26.8. The monoisotopic (exact) mass is 702 g/mol. The molecule has 0 aromatic heterocycles. The fraction of sp³-hybridized carbons (Fsp3) is 0.233. The Morgan fingerprint density at radius 1 is 0.673 bits per heavy atom. The van der Waals surface area contributed by atoms with Gasteiger partial charge in [0.15, 0.2) is 0 Å². The Bertz CT molecular complexity index is 2070. The minimum Gasteiger partial charge on any atom is -0.494 e. The van der Waals surface area contributed by atoms with Crippen molar-refractivity contribution in [2.45, 2.75) is 51.7 Å². The van der Waals surface area contributed by atoms with E-state index in [0.29, 0.717) is 48.0 Å². The van der Waals surface area contributed by atoms with E-state index in [-0.39, 0.29) is 0 Å². The molecule has 1 atom stereocenters. The fourth-order valence-electron chi connectivity index (χ4n) is 5.59. The molecule has 5 rings (SSSR count). The second kappa shape index (κ2) is 18.3. The van der Waals surface area contributed by atoms with Crippen molar-refractivity contribution in [2.75, 3.05) is 13.2 Å². The van der Waals surface area contributed by atoms with Crippen LogP contribution in [0.15, 0.2) is 116 Å². The molecular formula is C43H42O9. The Kier molecular flexibility index (Phi) is 13.2. The molecule has 0 bridgehead atoms. The highest BCUT2D eigenvalue weighted by atomic mass is 16.6. The number of fused-ring (bicyclic) bond motifs is 2. The van der Waals surface area contributed by atoms with Gasteiger partial charge < -0.3 is 28.8 Å². The molecule has 0 fully saturated rings. The first kappa shape index (κ1) is 37.3. The molecule has 0 aliphatic carbocycles. The molecule has 1 N–H and O–H groups in total. The van der Waals surface area contributed by atoms with E-state index in [0.717, 1.165) is 71.0 Å². The first-order chi connectivity index (χ1) is 25.3. The number of ether oxygens (including phenoxy) is 5. The maximum absolute atomic E-state index is 13.2. The van der Waals surface area contributed by atoms with Crippen molar-refractivity contribution in [1.29, 1.82) is 0 Å². The summed E-state index contributed by atoms with van der Waals surface area (Å²) < 4.78 is 27.9. The van der Waals surface area contributed by atoms with Crippen molar-refractivity contribution in [2.24, 2.45) is 0 Å². The third kappa shape index (κ3) is 10.3. The predicted molar refractivity (Wildman–Crippen MR) is 200 cm³/mol.